The molecule has 0 bridgehead atoms. The minimum Gasteiger partial charge on any atom is -0.515 e. The van der Waals surface area contributed by atoms with Crippen LogP contribution in [0.2, 0.25) is 0 Å². The number of aliphatic hydroxyl groups is 1. The Hall–Kier alpha value is -1.58. The summed E-state index contributed by atoms with van der Waals surface area (Å²) in [6, 6.07) is 0. The van der Waals surface area contributed by atoms with Crippen LogP contribution in [0, 0.1) is 6.92 Å². The molecule has 1 aliphatic carbocycles. The predicted molar refractivity (Wildman–Crippen MR) is 51.3 cm³/mol. The van der Waals surface area contributed by atoms with E-state index in [1.54, 1.807) is 4.68 Å². The molecular weight excluding hydrogens is 180 g/mol. The number of hydrogen-bond acceptors (Lipinski definition) is 3. The number of ketones is 1. The number of carbonyl (C=O) groups excluding carboxylic acids is 1. The number of carbonyl (C=O) groups is 1. The second-order valence-electron chi connectivity index (χ2n) is 3.51. The molecule has 1 heterocycles. The summed E-state index contributed by atoms with van der Waals surface area (Å²) in [5, 5.41) is 13.1. The smallest absolute Gasteiger partial charge is 0.195 e. The molecule has 74 valence electrons. The van der Waals surface area contributed by atoms with Crippen molar-refractivity contribution in [2.45, 2.75) is 19.8 Å². The summed E-state index contributed by atoms with van der Waals surface area (Å²) < 4.78 is 1.75. The molecule has 14 heavy (non-hydrogen) atoms. The van der Waals surface area contributed by atoms with Crippen molar-refractivity contribution in [2.75, 3.05) is 0 Å². The molecular formula is C10H12N2O2. The molecule has 1 aromatic rings. The van der Waals surface area contributed by atoms with E-state index in [2.05, 4.69) is 5.10 Å². The van der Waals surface area contributed by atoms with Gasteiger partial charge in [0.15, 0.2) is 5.78 Å². The Bertz CT molecular complexity index is 430. The van der Waals surface area contributed by atoms with Crippen LogP contribution in [0.3, 0.4) is 0 Å². The fourth-order valence-corrected chi connectivity index (χ4v) is 1.94. The van der Waals surface area contributed by atoms with Crippen molar-refractivity contribution >= 4 is 5.78 Å². The average Bonchev–Trinajstić information content (AvgIpc) is 2.44. The maximum atomic E-state index is 11.8. The minimum atomic E-state index is -0.0839. The van der Waals surface area contributed by atoms with Crippen molar-refractivity contribution in [2.24, 2.45) is 7.05 Å². The first kappa shape index (κ1) is 8.99. The number of aliphatic hydroxyl groups excluding tert-OH is 1. The lowest BCUT2D eigenvalue weighted by atomic mass is 9.91. The van der Waals surface area contributed by atoms with Crippen LogP contribution in [0.4, 0.5) is 0 Å². The number of hydrogen-bond donors (Lipinski definition) is 1. The van der Waals surface area contributed by atoms with E-state index < -0.39 is 0 Å². The van der Waals surface area contributed by atoms with Gasteiger partial charge >= 0.3 is 0 Å². The van der Waals surface area contributed by atoms with Crippen LogP contribution in [-0.2, 0) is 13.5 Å². The highest BCUT2D eigenvalue weighted by Gasteiger charge is 2.27. The Morgan fingerprint density at radius 3 is 2.86 bits per heavy atom. The number of Topliss-reactive ketones (excluding diaryl/α,β-unsaturated/α-hetero) is 1. The number of aryl methyl sites for hydroxylation is 2. The van der Waals surface area contributed by atoms with E-state index in [1.165, 1.54) is 0 Å². The van der Waals surface area contributed by atoms with E-state index in [9.17, 15) is 4.79 Å². The van der Waals surface area contributed by atoms with Crippen molar-refractivity contribution in [1.82, 2.24) is 9.78 Å². The summed E-state index contributed by atoms with van der Waals surface area (Å²) in [4.78, 5) is 11.8. The number of nitrogens with zero attached hydrogens (tertiary/aromatic N) is 2. The van der Waals surface area contributed by atoms with Crippen LogP contribution in [0.5, 0.6) is 0 Å². The van der Waals surface area contributed by atoms with Crippen LogP contribution in [0.25, 0.3) is 0 Å². The molecule has 0 aromatic carbocycles. The highest BCUT2D eigenvalue weighted by atomic mass is 16.2. The first-order valence-corrected chi connectivity index (χ1v) is 4.55. The Morgan fingerprint density at radius 1 is 1.50 bits per heavy atom. The molecule has 4 nitrogen and oxygen atoms in total. The van der Waals surface area contributed by atoms with Gasteiger partial charge < -0.3 is 5.11 Å². The first-order chi connectivity index (χ1) is 6.65. The highest BCUT2D eigenvalue weighted by Crippen LogP contribution is 2.26. The van der Waals surface area contributed by atoms with Gasteiger partial charge in [0.25, 0.3) is 0 Å². The largest absolute Gasteiger partial charge is 0.515 e. The normalized spacial score (nSPS) is 18.7. The average molecular weight is 192 g/mol. The molecule has 0 fully saturated rings. The van der Waals surface area contributed by atoms with Crippen molar-refractivity contribution < 1.29 is 9.90 Å². The van der Waals surface area contributed by atoms with Crippen LogP contribution >= 0.6 is 0 Å². The summed E-state index contributed by atoms with van der Waals surface area (Å²) in [6.45, 7) is 1.82. The zero-order valence-electron chi connectivity index (χ0n) is 8.24. The highest BCUT2D eigenvalue weighted by molar-refractivity contribution is 6.11. The number of rotatable bonds is 0. The molecule has 1 aliphatic rings. The van der Waals surface area contributed by atoms with Gasteiger partial charge in [-0.2, -0.15) is 5.10 Å². The number of allylic oxidation sites excluding steroid dienone is 1. The van der Waals surface area contributed by atoms with E-state index in [1.807, 2.05) is 14.0 Å². The van der Waals surface area contributed by atoms with Gasteiger partial charge in [-0.05, 0) is 19.8 Å². The molecule has 1 N–H and O–H groups in total. The maximum Gasteiger partial charge on any atom is 0.195 e. The van der Waals surface area contributed by atoms with Crippen LogP contribution in [0.15, 0.2) is 11.8 Å². The molecule has 2 rings (SSSR count). The first-order valence-electron chi connectivity index (χ1n) is 4.55. The van der Waals surface area contributed by atoms with Crippen LogP contribution in [-0.4, -0.2) is 20.7 Å². The number of aromatic nitrogens is 2. The maximum absolute atomic E-state index is 11.8. The third-order valence-electron chi connectivity index (χ3n) is 2.65. The van der Waals surface area contributed by atoms with Gasteiger partial charge in [-0.1, -0.05) is 0 Å². The van der Waals surface area contributed by atoms with Crippen molar-refractivity contribution in [3.05, 3.63) is 28.8 Å². The Labute approximate surface area is 81.9 Å². The van der Waals surface area contributed by atoms with Gasteiger partial charge in [-0.3, -0.25) is 9.48 Å². The summed E-state index contributed by atoms with van der Waals surface area (Å²) >= 11 is 0. The fourth-order valence-electron chi connectivity index (χ4n) is 1.94. The standard InChI is InChI=1S/C10H12N2O2/c1-6-9-8(12(2)11-6)4-3-7(5-13)10(9)14/h5,13H,3-4H2,1-2H3/b7-5+. The second-order valence-corrected chi connectivity index (χ2v) is 3.51. The molecule has 1 aromatic heterocycles. The monoisotopic (exact) mass is 192 g/mol. The predicted octanol–water partition coefficient (Wildman–Crippen LogP) is 1.30. The summed E-state index contributed by atoms with van der Waals surface area (Å²) in [6.07, 6.45) is 2.28. The molecule has 0 spiro atoms. The molecule has 0 saturated heterocycles. The van der Waals surface area contributed by atoms with Gasteiger partial charge in [0, 0.05) is 18.3 Å². The van der Waals surface area contributed by atoms with Gasteiger partial charge in [-0.15, -0.1) is 0 Å². The van der Waals surface area contributed by atoms with E-state index in [4.69, 9.17) is 5.11 Å². The van der Waals surface area contributed by atoms with Gasteiger partial charge in [0.2, 0.25) is 0 Å². The van der Waals surface area contributed by atoms with Crippen LogP contribution in [0.1, 0.15) is 28.2 Å². The topological polar surface area (TPSA) is 55.1 Å². The Kier molecular flexibility index (Phi) is 1.91. The summed E-state index contributed by atoms with van der Waals surface area (Å²) in [5.41, 5.74) is 2.86. The third kappa shape index (κ3) is 1.07. The second kappa shape index (κ2) is 2.97. The SMILES string of the molecule is Cc1nn(C)c2c1C(=O)/C(=C/O)CC2. The lowest BCUT2D eigenvalue weighted by molar-refractivity contribution is 0.102. The van der Waals surface area contributed by atoms with Gasteiger partial charge in [0.1, 0.15) is 0 Å². The van der Waals surface area contributed by atoms with E-state index in [0.29, 0.717) is 17.6 Å². The summed E-state index contributed by atoms with van der Waals surface area (Å²) in [7, 11) is 1.84. The molecule has 0 saturated carbocycles. The zero-order chi connectivity index (χ0) is 10.3. The van der Waals surface area contributed by atoms with Crippen molar-refractivity contribution in [1.29, 1.82) is 0 Å². The van der Waals surface area contributed by atoms with E-state index in [-0.39, 0.29) is 5.78 Å². The zero-order valence-corrected chi connectivity index (χ0v) is 8.24. The number of fused-ring (bicyclic) bond motifs is 1. The molecule has 0 amide bonds. The molecule has 0 unspecified atom stereocenters. The van der Waals surface area contributed by atoms with Crippen molar-refractivity contribution in [3.8, 4) is 0 Å². The van der Waals surface area contributed by atoms with Gasteiger partial charge in [0.05, 0.1) is 17.5 Å². The molecule has 0 aliphatic heterocycles. The summed E-state index contributed by atoms with van der Waals surface area (Å²) in [5.74, 6) is -0.0839. The lowest BCUT2D eigenvalue weighted by Crippen LogP contribution is -2.15. The molecule has 4 heteroatoms. The lowest BCUT2D eigenvalue weighted by Gasteiger charge is -2.13. The fraction of sp³-hybridized carbons (Fsp3) is 0.400. The molecule has 0 atom stereocenters. The Morgan fingerprint density at radius 2 is 2.21 bits per heavy atom. The van der Waals surface area contributed by atoms with E-state index in [0.717, 1.165) is 24.1 Å². The minimum absolute atomic E-state index is 0.0839. The third-order valence-corrected chi connectivity index (χ3v) is 2.65. The van der Waals surface area contributed by atoms with Crippen molar-refractivity contribution in [3.63, 3.8) is 0 Å². The molecule has 0 radical (unpaired) electrons. The van der Waals surface area contributed by atoms with Gasteiger partial charge in [-0.25, -0.2) is 0 Å². The quantitative estimate of drug-likeness (QED) is 0.498. The van der Waals surface area contributed by atoms with E-state index >= 15 is 0 Å². The van der Waals surface area contributed by atoms with Crippen LogP contribution < -0.4 is 0 Å². The Balaban J connectivity index is 2.60.